The van der Waals surface area contributed by atoms with Crippen LogP contribution in [0.2, 0.25) is 10.0 Å². The second-order valence-corrected chi connectivity index (χ2v) is 8.34. The predicted molar refractivity (Wildman–Crippen MR) is 111 cm³/mol. The van der Waals surface area contributed by atoms with Crippen molar-refractivity contribution in [3.8, 4) is 0 Å². The summed E-state index contributed by atoms with van der Waals surface area (Å²) in [6, 6.07) is 13.2. The number of amides is 2. The van der Waals surface area contributed by atoms with Crippen molar-refractivity contribution in [2.24, 2.45) is 5.92 Å². The number of carbonyl (C=O) groups is 2. The molecule has 7 heteroatoms. The van der Waals surface area contributed by atoms with Crippen LogP contribution in [0.15, 0.2) is 46.9 Å². The first-order valence-corrected chi connectivity index (χ1v) is 10.2. The van der Waals surface area contributed by atoms with Gasteiger partial charge in [-0.05, 0) is 41.8 Å². The van der Waals surface area contributed by atoms with Crippen molar-refractivity contribution >= 4 is 50.9 Å². The third-order valence-electron chi connectivity index (χ3n) is 4.56. The molecule has 2 amide bonds. The Kier molecular flexibility index (Phi) is 6.79. The number of hydrogen-bond acceptors (Lipinski definition) is 2. The molecule has 0 saturated carbocycles. The zero-order chi connectivity index (χ0) is 19.4. The van der Waals surface area contributed by atoms with Crippen LogP contribution in [0.3, 0.4) is 0 Å². The van der Waals surface area contributed by atoms with Gasteiger partial charge in [-0.2, -0.15) is 0 Å². The van der Waals surface area contributed by atoms with Crippen LogP contribution in [0.4, 0.5) is 0 Å². The molecular weight excluding hydrogens is 451 g/mol. The molecule has 1 heterocycles. The number of nitrogens with one attached hydrogen (secondary N) is 1. The quantitative estimate of drug-likeness (QED) is 0.678. The van der Waals surface area contributed by atoms with Gasteiger partial charge in [-0.1, -0.05) is 57.3 Å². The molecule has 0 bridgehead atoms. The molecule has 1 unspecified atom stereocenters. The van der Waals surface area contributed by atoms with Crippen molar-refractivity contribution in [1.29, 1.82) is 0 Å². The first kappa shape index (κ1) is 20.2. The Morgan fingerprint density at radius 3 is 2.78 bits per heavy atom. The molecule has 2 aromatic rings. The van der Waals surface area contributed by atoms with Gasteiger partial charge in [0.1, 0.15) is 0 Å². The molecule has 0 aromatic heterocycles. The van der Waals surface area contributed by atoms with Gasteiger partial charge in [0.15, 0.2) is 0 Å². The number of hydrogen-bond donors (Lipinski definition) is 1. The van der Waals surface area contributed by atoms with Crippen LogP contribution in [-0.4, -0.2) is 29.8 Å². The van der Waals surface area contributed by atoms with Gasteiger partial charge < -0.3 is 10.2 Å². The van der Waals surface area contributed by atoms with E-state index in [-0.39, 0.29) is 24.2 Å². The van der Waals surface area contributed by atoms with E-state index in [4.69, 9.17) is 23.2 Å². The average molecular weight is 470 g/mol. The highest BCUT2D eigenvalue weighted by atomic mass is 79.9. The van der Waals surface area contributed by atoms with Gasteiger partial charge in [0.05, 0.1) is 5.92 Å². The molecule has 1 atom stereocenters. The van der Waals surface area contributed by atoms with E-state index in [1.54, 1.807) is 17.0 Å². The number of carbonyl (C=O) groups excluding carboxylic acids is 2. The molecule has 2 aromatic carbocycles. The lowest BCUT2D eigenvalue weighted by molar-refractivity contribution is -0.129. The van der Waals surface area contributed by atoms with Crippen LogP contribution in [0.5, 0.6) is 0 Å². The minimum Gasteiger partial charge on any atom is -0.355 e. The molecule has 27 heavy (non-hydrogen) atoms. The zero-order valence-electron chi connectivity index (χ0n) is 14.6. The van der Waals surface area contributed by atoms with Crippen molar-refractivity contribution < 1.29 is 9.59 Å². The highest BCUT2D eigenvalue weighted by Gasteiger charge is 2.34. The predicted octanol–water partition coefficient (Wildman–Crippen LogP) is 4.46. The maximum Gasteiger partial charge on any atom is 0.225 e. The van der Waals surface area contributed by atoms with Crippen molar-refractivity contribution in [1.82, 2.24) is 10.2 Å². The summed E-state index contributed by atoms with van der Waals surface area (Å²) >= 11 is 15.5. The van der Waals surface area contributed by atoms with E-state index < -0.39 is 0 Å². The molecule has 142 valence electrons. The first-order chi connectivity index (χ1) is 12.9. The van der Waals surface area contributed by atoms with E-state index in [9.17, 15) is 9.59 Å². The minimum atomic E-state index is -0.314. The molecule has 3 rings (SSSR count). The molecule has 0 radical (unpaired) electrons. The van der Waals surface area contributed by atoms with Gasteiger partial charge in [-0.15, -0.1) is 0 Å². The molecule has 0 aliphatic carbocycles. The summed E-state index contributed by atoms with van der Waals surface area (Å²) in [6.07, 6.45) is 0.867. The third kappa shape index (κ3) is 5.47. The van der Waals surface area contributed by atoms with E-state index in [1.807, 2.05) is 30.3 Å². The zero-order valence-corrected chi connectivity index (χ0v) is 17.6. The summed E-state index contributed by atoms with van der Waals surface area (Å²) in [5.74, 6) is -0.397. The van der Waals surface area contributed by atoms with E-state index in [0.717, 1.165) is 15.6 Å². The second-order valence-electron chi connectivity index (χ2n) is 6.58. The molecule has 1 N–H and O–H groups in total. The van der Waals surface area contributed by atoms with Crippen LogP contribution >= 0.6 is 39.1 Å². The van der Waals surface area contributed by atoms with Crippen molar-refractivity contribution in [2.75, 3.05) is 13.1 Å². The Morgan fingerprint density at radius 1 is 1.22 bits per heavy atom. The van der Waals surface area contributed by atoms with Crippen LogP contribution in [0, 0.1) is 5.92 Å². The molecule has 1 aliphatic rings. The highest BCUT2D eigenvalue weighted by molar-refractivity contribution is 9.10. The Morgan fingerprint density at radius 2 is 2.04 bits per heavy atom. The van der Waals surface area contributed by atoms with E-state index >= 15 is 0 Å². The van der Waals surface area contributed by atoms with E-state index in [2.05, 4.69) is 21.2 Å². The summed E-state index contributed by atoms with van der Waals surface area (Å²) < 4.78 is 0.974. The van der Waals surface area contributed by atoms with Gasteiger partial charge in [0.25, 0.3) is 0 Å². The second kappa shape index (κ2) is 9.09. The molecular formula is C20H19BrCl2N2O2. The van der Waals surface area contributed by atoms with Crippen molar-refractivity contribution in [2.45, 2.75) is 19.4 Å². The lowest BCUT2D eigenvalue weighted by Gasteiger charge is -2.17. The maximum absolute atomic E-state index is 12.4. The Balaban J connectivity index is 1.50. The van der Waals surface area contributed by atoms with Gasteiger partial charge in [-0.25, -0.2) is 0 Å². The highest BCUT2D eigenvalue weighted by Crippen LogP contribution is 2.23. The lowest BCUT2D eigenvalue weighted by Crippen LogP contribution is -2.34. The van der Waals surface area contributed by atoms with Crippen LogP contribution < -0.4 is 5.32 Å². The Bertz CT molecular complexity index is 860. The summed E-state index contributed by atoms with van der Waals surface area (Å²) in [6.45, 7) is 1.43. The Hall–Kier alpha value is -1.56. The standard InChI is InChI=1S/C20H19BrCl2N2O2/c21-16-3-1-2-13(8-16)11-25-12-15(9-19(25)26)20(27)24-7-6-14-4-5-17(22)10-18(14)23/h1-5,8,10,15H,6-7,9,11-12H2,(H,24,27). The minimum absolute atomic E-state index is 0.0101. The van der Waals surface area contributed by atoms with Gasteiger partial charge in [-0.3, -0.25) is 9.59 Å². The van der Waals surface area contributed by atoms with E-state index in [1.165, 1.54) is 0 Å². The maximum atomic E-state index is 12.4. The summed E-state index contributed by atoms with van der Waals surface area (Å²) in [4.78, 5) is 26.4. The fourth-order valence-corrected chi connectivity index (χ4v) is 4.10. The topological polar surface area (TPSA) is 49.4 Å². The molecule has 1 fully saturated rings. The summed E-state index contributed by atoms with van der Waals surface area (Å²) in [5, 5.41) is 4.09. The average Bonchev–Trinajstić information content (AvgIpc) is 2.97. The lowest BCUT2D eigenvalue weighted by atomic mass is 10.1. The number of likely N-dealkylation sites (tertiary alicyclic amines) is 1. The van der Waals surface area contributed by atoms with Crippen molar-refractivity contribution in [3.05, 3.63) is 68.1 Å². The smallest absolute Gasteiger partial charge is 0.225 e. The number of halogens is 3. The third-order valence-corrected chi connectivity index (χ3v) is 5.64. The number of benzene rings is 2. The molecule has 1 saturated heterocycles. The van der Waals surface area contributed by atoms with Crippen molar-refractivity contribution in [3.63, 3.8) is 0 Å². The van der Waals surface area contributed by atoms with Crippen LogP contribution in [0.1, 0.15) is 17.5 Å². The fraction of sp³-hybridized carbons (Fsp3) is 0.300. The SMILES string of the molecule is O=C(NCCc1ccc(Cl)cc1Cl)C1CC(=O)N(Cc2cccc(Br)c2)C1. The number of rotatable bonds is 6. The fourth-order valence-electron chi connectivity index (χ4n) is 3.15. The van der Waals surface area contributed by atoms with Gasteiger partial charge >= 0.3 is 0 Å². The van der Waals surface area contributed by atoms with Crippen LogP contribution in [0.25, 0.3) is 0 Å². The molecule has 1 aliphatic heterocycles. The number of nitrogens with zero attached hydrogens (tertiary/aromatic N) is 1. The van der Waals surface area contributed by atoms with Gasteiger partial charge in [0.2, 0.25) is 11.8 Å². The van der Waals surface area contributed by atoms with Gasteiger partial charge in [0, 0.05) is 40.6 Å². The largest absolute Gasteiger partial charge is 0.355 e. The van der Waals surface area contributed by atoms with Crippen LogP contribution in [-0.2, 0) is 22.6 Å². The first-order valence-electron chi connectivity index (χ1n) is 8.66. The summed E-state index contributed by atoms with van der Waals surface area (Å²) in [7, 11) is 0. The molecule has 0 spiro atoms. The molecule has 4 nitrogen and oxygen atoms in total. The summed E-state index contributed by atoms with van der Waals surface area (Å²) in [5.41, 5.74) is 1.97. The monoisotopic (exact) mass is 468 g/mol. The van der Waals surface area contributed by atoms with E-state index in [0.29, 0.717) is 36.1 Å². The Labute approximate surface area is 177 Å². The normalized spacial score (nSPS) is 16.6.